The Balaban J connectivity index is 0.000000921. The number of benzene rings is 1. The number of anilines is 1. The van der Waals surface area contributed by atoms with Gasteiger partial charge in [-0.1, -0.05) is 26.8 Å². The summed E-state index contributed by atoms with van der Waals surface area (Å²) < 4.78 is 5.31. The molecule has 15 heavy (non-hydrogen) atoms. The van der Waals surface area contributed by atoms with Crippen molar-refractivity contribution in [2.45, 2.75) is 27.2 Å². The first-order valence-corrected chi connectivity index (χ1v) is 5.53. The summed E-state index contributed by atoms with van der Waals surface area (Å²) in [6, 6.07) is 6.32. The van der Waals surface area contributed by atoms with E-state index in [9.17, 15) is 0 Å². The molecule has 0 radical (unpaired) electrons. The van der Waals surface area contributed by atoms with E-state index in [2.05, 4.69) is 30.0 Å². The summed E-state index contributed by atoms with van der Waals surface area (Å²) in [5, 5.41) is 0. The second-order valence-corrected chi connectivity index (χ2v) is 3.25. The first-order valence-electron chi connectivity index (χ1n) is 5.53. The highest BCUT2D eigenvalue weighted by Crippen LogP contribution is 2.27. The van der Waals surface area contributed by atoms with Gasteiger partial charge in [0.1, 0.15) is 5.75 Å². The molecule has 0 N–H and O–H groups in total. The predicted octanol–water partition coefficient (Wildman–Crippen LogP) is 3.35. The highest BCUT2D eigenvalue weighted by atomic mass is 16.5. The molecule has 0 atom stereocenters. The molecular formula is C13H23NO. The van der Waals surface area contributed by atoms with Crippen LogP contribution in [0.1, 0.15) is 26.3 Å². The summed E-state index contributed by atoms with van der Waals surface area (Å²) >= 11 is 0. The molecule has 0 heterocycles. The molecule has 1 aromatic carbocycles. The van der Waals surface area contributed by atoms with Crippen molar-refractivity contribution >= 4 is 5.69 Å². The van der Waals surface area contributed by atoms with Crippen LogP contribution in [0, 0.1) is 0 Å². The van der Waals surface area contributed by atoms with Gasteiger partial charge in [0, 0.05) is 14.1 Å². The molecule has 2 nitrogen and oxygen atoms in total. The summed E-state index contributed by atoms with van der Waals surface area (Å²) in [5.74, 6) is 0.948. The van der Waals surface area contributed by atoms with E-state index in [4.69, 9.17) is 4.74 Å². The van der Waals surface area contributed by atoms with Crippen molar-refractivity contribution in [2.24, 2.45) is 0 Å². The zero-order valence-electron chi connectivity index (χ0n) is 10.8. The SMILES string of the molecule is CC.CCc1ccc(N(C)C)c(OC)c1. The smallest absolute Gasteiger partial charge is 0.142 e. The summed E-state index contributed by atoms with van der Waals surface area (Å²) in [7, 11) is 5.74. The highest BCUT2D eigenvalue weighted by molar-refractivity contribution is 5.58. The molecule has 0 fully saturated rings. The third-order valence-corrected chi connectivity index (χ3v) is 2.13. The summed E-state index contributed by atoms with van der Waals surface area (Å²) in [5.41, 5.74) is 2.43. The minimum absolute atomic E-state index is 0.948. The normalized spacial score (nSPS) is 8.93. The molecule has 2 heteroatoms. The lowest BCUT2D eigenvalue weighted by atomic mass is 10.1. The molecule has 0 spiro atoms. The van der Waals surface area contributed by atoms with E-state index in [1.54, 1.807) is 7.11 Å². The second-order valence-electron chi connectivity index (χ2n) is 3.25. The maximum Gasteiger partial charge on any atom is 0.142 e. The minimum atomic E-state index is 0.948. The van der Waals surface area contributed by atoms with Crippen LogP contribution in [0.15, 0.2) is 18.2 Å². The van der Waals surface area contributed by atoms with E-state index < -0.39 is 0 Å². The number of rotatable bonds is 3. The monoisotopic (exact) mass is 209 g/mol. The van der Waals surface area contributed by atoms with Crippen molar-refractivity contribution < 1.29 is 4.74 Å². The molecule has 0 bridgehead atoms. The predicted molar refractivity (Wildman–Crippen MR) is 68.0 cm³/mol. The van der Waals surface area contributed by atoms with Crippen LogP contribution in [0.3, 0.4) is 0 Å². The zero-order valence-corrected chi connectivity index (χ0v) is 10.8. The van der Waals surface area contributed by atoms with Gasteiger partial charge in [0.05, 0.1) is 12.8 Å². The number of methoxy groups -OCH3 is 1. The molecule has 0 aliphatic heterocycles. The van der Waals surface area contributed by atoms with Gasteiger partial charge in [0.15, 0.2) is 0 Å². The molecule has 1 rings (SSSR count). The Hall–Kier alpha value is -1.18. The molecule has 1 aromatic rings. The Morgan fingerprint density at radius 2 is 1.80 bits per heavy atom. The Morgan fingerprint density at radius 3 is 2.20 bits per heavy atom. The summed E-state index contributed by atoms with van der Waals surface area (Å²) in [4.78, 5) is 2.05. The molecule has 0 aromatic heterocycles. The summed E-state index contributed by atoms with van der Waals surface area (Å²) in [6.45, 7) is 6.14. The fraction of sp³-hybridized carbons (Fsp3) is 0.538. The van der Waals surface area contributed by atoms with Gasteiger partial charge in [-0.3, -0.25) is 0 Å². The maximum absolute atomic E-state index is 5.31. The van der Waals surface area contributed by atoms with Crippen LogP contribution in [0.2, 0.25) is 0 Å². The van der Waals surface area contributed by atoms with Gasteiger partial charge in [0.25, 0.3) is 0 Å². The maximum atomic E-state index is 5.31. The number of ether oxygens (including phenoxy) is 1. The molecule has 0 amide bonds. The van der Waals surface area contributed by atoms with Gasteiger partial charge in [-0.15, -0.1) is 0 Å². The zero-order chi connectivity index (χ0) is 11.8. The number of hydrogen-bond acceptors (Lipinski definition) is 2. The topological polar surface area (TPSA) is 12.5 Å². The van der Waals surface area contributed by atoms with Crippen molar-refractivity contribution in [2.75, 3.05) is 26.1 Å². The fourth-order valence-corrected chi connectivity index (χ4v) is 1.31. The van der Waals surface area contributed by atoms with Crippen molar-refractivity contribution in [1.82, 2.24) is 0 Å². The molecule has 0 aliphatic rings. The average Bonchev–Trinajstić information content (AvgIpc) is 2.30. The number of nitrogens with zero attached hydrogens (tertiary/aromatic N) is 1. The van der Waals surface area contributed by atoms with E-state index in [0.717, 1.165) is 17.9 Å². The van der Waals surface area contributed by atoms with Crippen molar-refractivity contribution in [3.05, 3.63) is 23.8 Å². The third kappa shape index (κ3) is 3.82. The van der Waals surface area contributed by atoms with Gasteiger partial charge in [-0.05, 0) is 24.1 Å². The van der Waals surface area contributed by atoms with Crippen LogP contribution in [-0.4, -0.2) is 21.2 Å². The van der Waals surface area contributed by atoms with Crippen LogP contribution in [0.25, 0.3) is 0 Å². The van der Waals surface area contributed by atoms with E-state index in [0.29, 0.717) is 0 Å². The first-order chi connectivity index (χ1) is 7.19. The van der Waals surface area contributed by atoms with Gasteiger partial charge >= 0.3 is 0 Å². The van der Waals surface area contributed by atoms with E-state index in [1.165, 1.54) is 5.56 Å². The first kappa shape index (κ1) is 13.8. The quantitative estimate of drug-likeness (QED) is 0.757. The number of hydrogen-bond donors (Lipinski definition) is 0. The Morgan fingerprint density at radius 1 is 1.20 bits per heavy atom. The van der Waals surface area contributed by atoms with Crippen LogP contribution in [0.4, 0.5) is 5.69 Å². The van der Waals surface area contributed by atoms with Crippen LogP contribution < -0.4 is 9.64 Å². The Bertz CT molecular complexity index is 282. The molecular weight excluding hydrogens is 186 g/mol. The molecule has 0 aliphatic carbocycles. The fourth-order valence-electron chi connectivity index (χ4n) is 1.31. The number of aryl methyl sites for hydroxylation is 1. The lowest BCUT2D eigenvalue weighted by Gasteiger charge is -2.17. The van der Waals surface area contributed by atoms with Crippen molar-refractivity contribution in [3.63, 3.8) is 0 Å². The highest BCUT2D eigenvalue weighted by Gasteiger charge is 2.04. The standard InChI is InChI=1S/C11H17NO.C2H6/c1-5-9-6-7-10(12(2)3)11(8-9)13-4;1-2/h6-8H,5H2,1-4H3;1-2H3. The van der Waals surface area contributed by atoms with Crippen LogP contribution >= 0.6 is 0 Å². The molecule has 0 unspecified atom stereocenters. The third-order valence-electron chi connectivity index (χ3n) is 2.13. The average molecular weight is 209 g/mol. The lowest BCUT2D eigenvalue weighted by Crippen LogP contribution is -2.10. The lowest BCUT2D eigenvalue weighted by molar-refractivity contribution is 0.415. The molecule has 86 valence electrons. The van der Waals surface area contributed by atoms with Crippen LogP contribution in [-0.2, 0) is 6.42 Å². The molecule has 0 saturated heterocycles. The Labute approximate surface area is 93.9 Å². The molecule has 0 saturated carbocycles. The minimum Gasteiger partial charge on any atom is -0.495 e. The van der Waals surface area contributed by atoms with Gasteiger partial charge in [0.2, 0.25) is 0 Å². The van der Waals surface area contributed by atoms with Crippen molar-refractivity contribution in [3.8, 4) is 5.75 Å². The van der Waals surface area contributed by atoms with E-state index >= 15 is 0 Å². The second kappa shape index (κ2) is 7.16. The van der Waals surface area contributed by atoms with Crippen molar-refractivity contribution in [1.29, 1.82) is 0 Å². The van der Waals surface area contributed by atoms with E-state index in [-0.39, 0.29) is 0 Å². The van der Waals surface area contributed by atoms with Gasteiger partial charge in [-0.25, -0.2) is 0 Å². The largest absolute Gasteiger partial charge is 0.495 e. The van der Waals surface area contributed by atoms with Gasteiger partial charge in [-0.2, -0.15) is 0 Å². The summed E-state index contributed by atoms with van der Waals surface area (Å²) in [6.07, 6.45) is 1.05. The van der Waals surface area contributed by atoms with E-state index in [1.807, 2.05) is 27.9 Å². The van der Waals surface area contributed by atoms with Crippen LogP contribution in [0.5, 0.6) is 5.75 Å². The Kier molecular flexibility index (Phi) is 6.59. The van der Waals surface area contributed by atoms with Gasteiger partial charge < -0.3 is 9.64 Å².